The summed E-state index contributed by atoms with van der Waals surface area (Å²) in [6, 6.07) is 7.18. The molecule has 228 valence electrons. The first kappa shape index (κ1) is 31.8. The van der Waals surface area contributed by atoms with E-state index in [2.05, 4.69) is 18.6 Å². The summed E-state index contributed by atoms with van der Waals surface area (Å²) in [5, 5.41) is 66.5. The minimum atomic E-state index is -2.11. The molecule has 41 heavy (non-hydrogen) atoms. The lowest BCUT2D eigenvalue weighted by Crippen LogP contribution is -2.70. The molecule has 0 aromatic heterocycles. The van der Waals surface area contributed by atoms with E-state index in [0.717, 1.165) is 24.8 Å². The van der Waals surface area contributed by atoms with Crippen LogP contribution in [0.1, 0.15) is 76.2 Å². The van der Waals surface area contributed by atoms with Gasteiger partial charge in [0.1, 0.15) is 36.3 Å². The summed E-state index contributed by atoms with van der Waals surface area (Å²) in [6.45, 7) is 3.64. The lowest BCUT2D eigenvalue weighted by Gasteiger charge is -2.50. The van der Waals surface area contributed by atoms with Crippen LogP contribution in [0.4, 0.5) is 0 Å². The molecule has 1 aromatic rings. The SMILES string of the molecule is C=CCc1ccc(O[C@H]2O[C@H]3[C@@H](O)[C@H](O)[C@]2(O)C[C@H](CCC2(O)CCCCC2)[C@@H](O)CC#CO[C@H]3CCCO)cc1. The summed E-state index contributed by atoms with van der Waals surface area (Å²) in [5.41, 5.74) is -1.93. The van der Waals surface area contributed by atoms with Crippen LogP contribution in [-0.2, 0) is 15.9 Å². The van der Waals surface area contributed by atoms with Gasteiger partial charge < -0.3 is 44.8 Å². The Morgan fingerprint density at radius 2 is 1.78 bits per heavy atom. The Balaban J connectivity index is 1.66. The van der Waals surface area contributed by atoms with Crippen molar-refractivity contribution in [1.82, 2.24) is 0 Å². The van der Waals surface area contributed by atoms with E-state index in [1.54, 1.807) is 18.2 Å². The fourth-order valence-corrected chi connectivity index (χ4v) is 6.38. The number of aliphatic hydroxyl groups is 6. The van der Waals surface area contributed by atoms with E-state index in [9.17, 15) is 30.6 Å². The lowest BCUT2D eigenvalue weighted by atomic mass is 9.73. The number of hydrogen-bond acceptors (Lipinski definition) is 9. The van der Waals surface area contributed by atoms with Crippen LogP contribution in [0, 0.1) is 17.9 Å². The zero-order valence-electron chi connectivity index (χ0n) is 23.7. The molecule has 1 saturated heterocycles. The van der Waals surface area contributed by atoms with Crippen molar-refractivity contribution in [1.29, 1.82) is 0 Å². The molecule has 0 amide bonds. The number of ether oxygens (including phenoxy) is 3. The van der Waals surface area contributed by atoms with Crippen molar-refractivity contribution >= 4 is 0 Å². The van der Waals surface area contributed by atoms with Gasteiger partial charge in [0.2, 0.25) is 6.29 Å². The van der Waals surface area contributed by atoms with Crippen LogP contribution < -0.4 is 4.74 Å². The van der Waals surface area contributed by atoms with Crippen molar-refractivity contribution in [3.8, 4) is 17.8 Å². The first-order valence-corrected chi connectivity index (χ1v) is 14.9. The average molecular weight is 575 g/mol. The standard InChI is InChI=1S/C32H46O9/c1-2-8-22-11-13-24(14-12-22)40-30-32(38)21-23(15-18-31(37)16-4-3-5-17-31)25(34)9-7-20-39-26(10-6-19-33)28(41-30)27(35)29(32)36/h2,11-14,23,25-30,33-38H,1,3-6,8-10,15-19,21H2/t23-,25-,26-,27+,28+,29-,30-,32+/m0/s1. The van der Waals surface area contributed by atoms with Gasteiger partial charge in [-0.05, 0) is 75.0 Å². The maximum atomic E-state index is 12.1. The van der Waals surface area contributed by atoms with E-state index >= 15 is 0 Å². The summed E-state index contributed by atoms with van der Waals surface area (Å²) >= 11 is 0. The molecule has 1 aromatic carbocycles. The minimum Gasteiger partial charge on any atom is -0.462 e. The quantitative estimate of drug-likeness (QED) is 0.183. The normalized spacial score (nSPS) is 35.2. The smallest absolute Gasteiger partial charge is 0.232 e. The monoisotopic (exact) mass is 574 g/mol. The van der Waals surface area contributed by atoms with Crippen molar-refractivity contribution < 1.29 is 44.8 Å². The average Bonchev–Trinajstić information content (AvgIpc) is 2.96. The van der Waals surface area contributed by atoms with Crippen molar-refractivity contribution in [2.24, 2.45) is 5.92 Å². The number of aliphatic hydroxyl groups excluding tert-OH is 4. The Kier molecular flexibility index (Phi) is 11.1. The molecule has 1 saturated carbocycles. The van der Waals surface area contributed by atoms with Crippen molar-refractivity contribution in [2.75, 3.05) is 6.61 Å². The molecule has 0 unspecified atom stereocenters. The first-order valence-electron chi connectivity index (χ1n) is 14.9. The van der Waals surface area contributed by atoms with E-state index in [0.29, 0.717) is 44.3 Å². The molecule has 3 aliphatic heterocycles. The highest BCUT2D eigenvalue weighted by molar-refractivity contribution is 5.29. The molecular weight excluding hydrogens is 528 g/mol. The Labute approximate surface area is 242 Å². The highest BCUT2D eigenvalue weighted by atomic mass is 16.7. The van der Waals surface area contributed by atoms with Crippen molar-refractivity contribution in [3.05, 3.63) is 42.5 Å². The number of allylic oxidation sites excluding steroid dienone is 1. The van der Waals surface area contributed by atoms with Gasteiger partial charge in [0, 0.05) is 13.0 Å². The Hall–Kier alpha value is -2.16. The molecule has 0 radical (unpaired) electrons. The summed E-state index contributed by atoms with van der Waals surface area (Å²) in [7, 11) is 0. The topological polar surface area (TPSA) is 149 Å². The Morgan fingerprint density at radius 3 is 2.46 bits per heavy atom. The van der Waals surface area contributed by atoms with Gasteiger partial charge in [-0.1, -0.05) is 43.4 Å². The fraction of sp³-hybridized carbons (Fsp3) is 0.688. The molecule has 0 spiro atoms. The fourth-order valence-electron chi connectivity index (χ4n) is 6.38. The van der Waals surface area contributed by atoms with Crippen LogP contribution in [0.15, 0.2) is 36.9 Å². The third-order valence-electron chi connectivity index (χ3n) is 8.91. The predicted molar refractivity (Wildman–Crippen MR) is 152 cm³/mol. The number of benzene rings is 1. The molecule has 1 aliphatic carbocycles. The Morgan fingerprint density at radius 1 is 1.05 bits per heavy atom. The van der Waals surface area contributed by atoms with Crippen molar-refractivity contribution in [2.45, 2.75) is 125 Å². The zero-order chi connectivity index (χ0) is 29.5. The summed E-state index contributed by atoms with van der Waals surface area (Å²) in [4.78, 5) is 0. The predicted octanol–water partition coefficient (Wildman–Crippen LogP) is 2.34. The van der Waals surface area contributed by atoms with Gasteiger partial charge in [-0.15, -0.1) is 6.58 Å². The molecule has 3 heterocycles. The molecule has 9 nitrogen and oxygen atoms in total. The van der Waals surface area contributed by atoms with E-state index in [-0.39, 0.29) is 25.9 Å². The van der Waals surface area contributed by atoms with E-state index < -0.39 is 53.9 Å². The third kappa shape index (κ3) is 7.82. The number of hydrogen-bond donors (Lipinski definition) is 6. The van der Waals surface area contributed by atoms with Crippen LogP contribution in [0.2, 0.25) is 0 Å². The van der Waals surface area contributed by atoms with Crippen molar-refractivity contribution in [3.63, 3.8) is 0 Å². The zero-order valence-corrected chi connectivity index (χ0v) is 23.7. The van der Waals surface area contributed by atoms with E-state index in [4.69, 9.17) is 14.2 Å². The molecule has 8 atom stereocenters. The Bertz CT molecular complexity index is 1030. The third-order valence-corrected chi connectivity index (χ3v) is 8.91. The summed E-state index contributed by atoms with van der Waals surface area (Å²) in [5.74, 6) is 2.63. The molecular formula is C32H46O9. The first-order chi connectivity index (χ1) is 19.7. The van der Waals surface area contributed by atoms with E-state index in [1.165, 1.54) is 0 Å². The second-order valence-electron chi connectivity index (χ2n) is 12.0. The molecule has 4 aliphatic rings. The van der Waals surface area contributed by atoms with Crippen LogP contribution in [0.5, 0.6) is 5.75 Å². The molecule has 2 fully saturated rings. The van der Waals surface area contributed by atoms with Gasteiger partial charge in [-0.25, -0.2) is 0 Å². The summed E-state index contributed by atoms with van der Waals surface area (Å²) < 4.78 is 18.1. The van der Waals surface area contributed by atoms with E-state index in [1.807, 2.05) is 12.1 Å². The van der Waals surface area contributed by atoms with Gasteiger partial charge >= 0.3 is 0 Å². The minimum absolute atomic E-state index is 0.0619. The molecule has 5 rings (SSSR count). The number of fused-ring (bicyclic) bond motifs is 8. The molecule has 9 heteroatoms. The number of rotatable bonds is 10. The van der Waals surface area contributed by atoms with Gasteiger partial charge in [-0.2, -0.15) is 0 Å². The van der Waals surface area contributed by atoms with Crippen LogP contribution in [0.3, 0.4) is 0 Å². The van der Waals surface area contributed by atoms with Crippen LogP contribution in [-0.4, -0.2) is 85.3 Å². The molecule has 2 bridgehead atoms. The van der Waals surface area contributed by atoms with Gasteiger partial charge in [0.05, 0.1) is 11.7 Å². The van der Waals surface area contributed by atoms with Crippen LogP contribution >= 0.6 is 0 Å². The largest absolute Gasteiger partial charge is 0.462 e. The second-order valence-corrected chi connectivity index (χ2v) is 12.0. The highest BCUT2D eigenvalue weighted by Crippen LogP contribution is 2.42. The van der Waals surface area contributed by atoms with Crippen LogP contribution in [0.25, 0.3) is 0 Å². The van der Waals surface area contributed by atoms with Gasteiger partial charge in [-0.3, -0.25) is 0 Å². The lowest BCUT2D eigenvalue weighted by molar-refractivity contribution is -0.333. The maximum Gasteiger partial charge on any atom is 0.232 e. The van der Waals surface area contributed by atoms with Gasteiger partial charge in [0.25, 0.3) is 0 Å². The summed E-state index contributed by atoms with van der Waals surface area (Å²) in [6.07, 6.45) is 3.09. The van der Waals surface area contributed by atoms with Gasteiger partial charge in [0.15, 0.2) is 5.60 Å². The second kappa shape index (κ2) is 14.3. The highest BCUT2D eigenvalue weighted by Gasteiger charge is 2.59. The molecule has 6 N–H and O–H groups in total. The maximum absolute atomic E-state index is 12.1.